The standard InChI is InChI=1S/C17H21NO2/c1-3-10-18-16(15-8-7-12(2)20-15)14-6-4-5-13-9-11-19-17(13)14/h4-8,16,18H,3,9-11H2,1-2H3. The molecule has 3 rings (SSSR count). The van der Waals surface area contributed by atoms with Crippen molar-refractivity contribution in [3.8, 4) is 5.75 Å². The van der Waals surface area contributed by atoms with Crippen molar-refractivity contribution >= 4 is 0 Å². The summed E-state index contributed by atoms with van der Waals surface area (Å²) in [4.78, 5) is 0. The fourth-order valence-electron chi connectivity index (χ4n) is 2.73. The number of furan rings is 1. The Kier molecular flexibility index (Phi) is 3.79. The van der Waals surface area contributed by atoms with E-state index in [1.54, 1.807) is 0 Å². The Balaban J connectivity index is 1.99. The van der Waals surface area contributed by atoms with Crippen molar-refractivity contribution in [2.75, 3.05) is 13.2 Å². The van der Waals surface area contributed by atoms with Gasteiger partial charge in [0.15, 0.2) is 0 Å². The van der Waals surface area contributed by atoms with Gasteiger partial charge >= 0.3 is 0 Å². The zero-order valence-electron chi connectivity index (χ0n) is 12.1. The molecule has 0 aliphatic carbocycles. The number of nitrogens with one attached hydrogen (secondary N) is 1. The van der Waals surface area contributed by atoms with E-state index in [4.69, 9.17) is 9.15 Å². The summed E-state index contributed by atoms with van der Waals surface area (Å²) < 4.78 is 11.7. The third-order valence-corrected chi connectivity index (χ3v) is 3.70. The first kappa shape index (κ1) is 13.3. The number of hydrogen-bond acceptors (Lipinski definition) is 3. The van der Waals surface area contributed by atoms with Crippen LogP contribution in [0.1, 0.15) is 42.0 Å². The minimum Gasteiger partial charge on any atom is -0.493 e. The molecule has 2 heterocycles. The van der Waals surface area contributed by atoms with Crippen LogP contribution in [0, 0.1) is 6.92 Å². The quantitative estimate of drug-likeness (QED) is 0.902. The summed E-state index contributed by atoms with van der Waals surface area (Å²) in [6, 6.07) is 10.5. The van der Waals surface area contributed by atoms with Gasteiger partial charge < -0.3 is 14.5 Å². The van der Waals surface area contributed by atoms with Crippen molar-refractivity contribution in [2.24, 2.45) is 0 Å². The van der Waals surface area contributed by atoms with Crippen molar-refractivity contribution < 1.29 is 9.15 Å². The predicted octanol–water partition coefficient (Wildman–Crippen LogP) is 3.61. The van der Waals surface area contributed by atoms with E-state index in [2.05, 4.69) is 36.5 Å². The van der Waals surface area contributed by atoms with Crippen LogP contribution < -0.4 is 10.1 Å². The number of ether oxygens (including phenoxy) is 1. The Morgan fingerprint density at radius 3 is 2.90 bits per heavy atom. The van der Waals surface area contributed by atoms with Crippen LogP contribution in [-0.2, 0) is 6.42 Å². The number of para-hydroxylation sites is 1. The molecule has 0 fully saturated rings. The van der Waals surface area contributed by atoms with E-state index in [1.165, 1.54) is 11.1 Å². The van der Waals surface area contributed by atoms with Crippen LogP contribution in [0.5, 0.6) is 5.75 Å². The molecule has 106 valence electrons. The number of rotatable bonds is 5. The Morgan fingerprint density at radius 1 is 1.25 bits per heavy atom. The SMILES string of the molecule is CCCNC(c1ccc(C)o1)c1cccc2c1OCC2. The maximum absolute atomic E-state index is 5.84. The molecule has 3 nitrogen and oxygen atoms in total. The van der Waals surface area contributed by atoms with Gasteiger partial charge in [-0.05, 0) is 37.6 Å². The number of fused-ring (bicyclic) bond motifs is 1. The fraction of sp³-hybridized carbons (Fsp3) is 0.412. The van der Waals surface area contributed by atoms with Crippen LogP contribution >= 0.6 is 0 Å². The molecule has 1 N–H and O–H groups in total. The lowest BCUT2D eigenvalue weighted by Gasteiger charge is -2.19. The summed E-state index contributed by atoms with van der Waals surface area (Å²) in [5.74, 6) is 2.94. The normalized spacial score (nSPS) is 14.9. The Bertz CT molecular complexity index is 588. The molecule has 0 spiro atoms. The molecule has 1 aliphatic heterocycles. The number of benzene rings is 1. The lowest BCUT2D eigenvalue weighted by molar-refractivity contribution is 0.346. The molecule has 1 atom stereocenters. The average molecular weight is 271 g/mol. The lowest BCUT2D eigenvalue weighted by atomic mass is 10.00. The molecule has 1 aromatic carbocycles. The van der Waals surface area contributed by atoms with Crippen LogP contribution in [0.3, 0.4) is 0 Å². The Hall–Kier alpha value is -1.74. The topological polar surface area (TPSA) is 34.4 Å². The second-order valence-corrected chi connectivity index (χ2v) is 5.27. The highest BCUT2D eigenvalue weighted by molar-refractivity contribution is 5.47. The van der Waals surface area contributed by atoms with Gasteiger partial charge in [-0.25, -0.2) is 0 Å². The Labute approximate surface area is 119 Å². The molecule has 3 heteroatoms. The third-order valence-electron chi connectivity index (χ3n) is 3.70. The summed E-state index contributed by atoms with van der Waals surface area (Å²) in [5.41, 5.74) is 2.48. The monoisotopic (exact) mass is 271 g/mol. The van der Waals surface area contributed by atoms with Gasteiger partial charge in [0.25, 0.3) is 0 Å². The summed E-state index contributed by atoms with van der Waals surface area (Å²) in [6.45, 7) is 5.88. The largest absolute Gasteiger partial charge is 0.493 e. The molecular formula is C17H21NO2. The van der Waals surface area contributed by atoms with Gasteiger partial charge in [-0.15, -0.1) is 0 Å². The van der Waals surface area contributed by atoms with E-state index in [0.717, 1.165) is 43.3 Å². The van der Waals surface area contributed by atoms with E-state index in [1.807, 2.05) is 13.0 Å². The minimum absolute atomic E-state index is 0.0664. The highest BCUT2D eigenvalue weighted by Crippen LogP contribution is 2.36. The summed E-state index contributed by atoms with van der Waals surface area (Å²) in [7, 11) is 0. The van der Waals surface area contributed by atoms with Crippen LogP contribution in [0.25, 0.3) is 0 Å². The summed E-state index contributed by atoms with van der Waals surface area (Å²) in [6.07, 6.45) is 2.09. The van der Waals surface area contributed by atoms with Crippen molar-refractivity contribution in [3.63, 3.8) is 0 Å². The molecule has 0 saturated carbocycles. The first-order valence-corrected chi connectivity index (χ1v) is 7.34. The van der Waals surface area contributed by atoms with Gasteiger partial charge in [-0.1, -0.05) is 25.1 Å². The molecule has 0 amide bonds. The lowest BCUT2D eigenvalue weighted by Crippen LogP contribution is -2.23. The molecular weight excluding hydrogens is 250 g/mol. The predicted molar refractivity (Wildman–Crippen MR) is 79.2 cm³/mol. The van der Waals surface area contributed by atoms with Crippen LogP contribution in [0.4, 0.5) is 0 Å². The van der Waals surface area contributed by atoms with Crippen LogP contribution in [0.15, 0.2) is 34.7 Å². The number of hydrogen-bond donors (Lipinski definition) is 1. The minimum atomic E-state index is 0.0664. The van der Waals surface area contributed by atoms with Gasteiger partial charge in [-0.3, -0.25) is 0 Å². The van der Waals surface area contributed by atoms with Gasteiger partial charge in [0.2, 0.25) is 0 Å². The molecule has 1 unspecified atom stereocenters. The third kappa shape index (κ3) is 2.46. The zero-order valence-corrected chi connectivity index (χ0v) is 12.1. The average Bonchev–Trinajstić information content (AvgIpc) is 3.08. The smallest absolute Gasteiger partial charge is 0.127 e. The van der Waals surface area contributed by atoms with Crippen molar-refractivity contribution in [1.82, 2.24) is 5.32 Å². The maximum atomic E-state index is 5.84. The van der Waals surface area contributed by atoms with Gasteiger partial charge in [0, 0.05) is 12.0 Å². The van der Waals surface area contributed by atoms with Crippen molar-refractivity contribution in [2.45, 2.75) is 32.7 Å². The van der Waals surface area contributed by atoms with Gasteiger partial charge in [0.05, 0.1) is 12.6 Å². The second-order valence-electron chi connectivity index (χ2n) is 5.27. The molecule has 0 bridgehead atoms. The van der Waals surface area contributed by atoms with E-state index < -0.39 is 0 Å². The van der Waals surface area contributed by atoms with Gasteiger partial charge in [0.1, 0.15) is 17.3 Å². The second kappa shape index (κ2) is 5.71. The molecule has 20 heavy (non-hydrogen) atoms. The van der Waals surface area contributed by atoms with E-state index in [0.29, 0.717) is 0 Å². The molecule has 0 saturated heterocycles. The summed E-state index contributed by atoms with van der Waals surface area (Å²) >= 11 is 0. The van der Waals surface area contributed by atoms with Gasteiger partial charge in [-0.2, -0.15) is 0 Å². The molecule has 0 radical (unpaired) electrons. The van der Waals surface area contributed by atoms with Crippen molar-refractivity contribution in [1.29, 1.82) is 0 Å². The highest BCUT2D eigenvalue weighted by Gasteiger charge is 2.24. The van der Waals surface area contributed by atoms with E-state index in [-0.39, 0.29) is 6.04 Å². The highest BCUT2D eigenvalue weighted by atomic mass is 16.5. The molecule has 2 aromatic rings. The maximum Gasteiger partial charge on any atom is 0.127 e. The Morgan fingerprint density at radius 2 is 2.15 bits per heavy atom. The summed E-state index contributed by atoms with van der Waals surface area (Å²) in [5, 5.41) is 3.57. The first-order valence-electron chi connectivity index (χ1n) is 7.34. The van der Waals surface area contributed by atoms with Crippen LogP contribution in [-0.4, -0.2) is 13.2 Å². The van der Waals surface area contributed by atoms with E-state index >= 15 is 0 Å². The van der Waals surface area contributed by atoms with Crippen LogP contribution in [0.2, 0.25) is 0 Å². The van der Waals surface area contributed by atoms with E-state index in [9.17, 15) is 0 Å². The molecule has 1 aliphatic rings. The van der Waals surface area contributed by atoms with Crippen molar-refractivity contribution in [3.05, 3.63) is 53.0 Å². The zero-order chi connectivity index (χ0) is 13.9. The number of aryl methyl sites for hydroxylation is 1. The fourth-order valence-corrected chi connectivity index (χ4v) is 2.73. The molecule has 1 aromatic heterocycles. The first-order chi connectivity index (χ1) is 9.79.